The predicted molar refractivity (Wildman–Crippen MR) is 101 cm³/mol. The maximum absolute atomic E-state index is 5.98. The minimum absolute atomic E-state index is 0.518. The summed E-state index contributed by atoms with van der Waals surface area (Å²) in [6.07, 6.45) is 1.89. The molecule has 0 amide bonds. The smallest absolute Gasteiger partial charge is 0.143 e. The Balaban J connectivity index is 2.03. The lowest BCUT2D eigenvalue weighted by Gasteiger charge is -2.11. The number of hydrogen-bond donors (Lipinski definition) is 0. The van der Waals surface area contributed by atoms with Crippen LogP contribution in [0.2, 0.25) is 0 Å². The quantitative estimate of drug-likeness (QED) is 0.428. The van der Waals surface area contributed by atoms with E-state index in [1.54, 1.807) is 0 Å². The van der Waals surface area contributed by atoms with Crippen molar-refractivity contribution in [3.8, 4) is 11.3 Å². The summed E-state index contributed by atoms with van der Waals surface area (Å²) < 4.78 is 5.98. The molecule has 0 spiro atoms. The number of aryl methyl sites for hydroxylation is 2. The maximum atomic E-state index is 5.98. The molecule has 0 saturated heterocycles. The molecule has 0 aliphatic carbocycles. The van der Waals surface area contributed by atoms with Crippen molar-refractivity contribution in [2.45, 2.75) is 33.6 Å². The van der Waals surface area contributed by atoms with Crippen LogP contribution in [0.3, 0.4) is 0 Å². The van der Waals surface area contributed by atoms with Crippen LogP contribution in [0.15, 0.2) is 53.1 Å². The second kappa shape index (κ2) is 5.48. The molecule has 2 aromatic heterocycles. The maximum Gasteiger partial charge on any atom is 0.143 e. The lowest BCUT2D eigenvalue weighted by molar-refractivity contribution is 0.579. The van der Waals surface area contributed by atoms with Crippen LogP contribution in [0, 0.1) is 13.8 Å². The van der Waals surface area contributed by atoms with Crippen LogP contribution >= 0.6 is 0 Å². The van der Waals surface area contributed by atoms with Crippen LogP contribution in [0.1, 0.15) is 36.7 Å². The minimum atomic E-state index is 0.518. The van der Waals surface area contributed by atoms with Crippen molar-refractivity contribution in [3.05, 3.63) is 65.5 Å². The number of furan rings is 1. The fourth-order valence-corrected chi connectivity index (χ4v) is 3.38. The predicted octanol–water partition coefficient (Wildman–Crippen LogP) is 6.39. The van der Waals surface area contributed by atoms with Gasteiger partial charge in [0.1, 0.15) is 11.3 Å². The van der Waals surface area contributed by atoms with Crippen molar-refractivity contribution in [3.63, 3.8) is 0 Å². The van der Waals surface area contributed by atoms with Gasteiger partial charge in [0.2, 0.25) is 0 Å². The molecule has 0 aliphatic rings. The van der Waals surface area contributed by atoms with Crippen molar-refractivity contribution < 1.29 is 4.42 Å². The Bertz CT molecular complexity index is 1060. The van der Waals surface area contributed by atoms with E-state index in [1.165, 1.54) is 21.9 Å². The topological polar surface area (TPSA) is 26.0 Å². The van der Waals surface area contributed by atoms with Crippen molar-refractivity contribution in [1.82, 2.24) is 4.98 Å². The van der Waals surface area contributed by atoms with Crippen molar-refractivity contribution in [2.24, 2.45) is 0 Å². The second-order valence-corrected chi connectivity index (χ2v) is 6.88. The van der Waals surface area contributed by atoms with Gasteiger partial charge in [0.25, 0.3) is 0 Å². The third kappa shape index (κ3) is 2.39. The first-order chi connectivity index (χ1) is 11.5. The van der Waals surface area contributed by atoms with Gasteiger partial charge in [-0.2, -0.15) is 0 Å². The third-order valence-electron chi connectivity index (χ3n) is 4.59. The zero-order valence-electron chi connectivity index (χ0n) is 14.6. The first kappa shape index (κ1) is 14.9. The zero-order valence-corrected chi connectivity index (χ0v) is 14.6. The average Bonchev–Trinajstić information content (AvgIpc) is 2.92. The molecule has 0 fully saturated rings. The van der Waals surface area contributed by atoms with Gasteiger partial charge in [-0.05, 0) is 60.5 Å². The molecule has 0 atom stereocenters. The molecule has 2 heterocycles. The molecule has 0 N–H and O–H groups in total. The van der Waals surface area contributed by atoms with Crippen LogP contribution in [0.25, 0.3) is 33.0 Å². The van der Waals surface area contributed by atoms with Gasteiger partial charge in [-0.1, -0.05) is 32.0 Å². The summed E-state index contributed by atoms with van der Waals surface area (Å²) in [5.74, 6) is 1.45. The molecule has 4 rings (SSSR count). The summed E-state index contributed by atoms with van der Waals surface area (Å²) >= 11 is 0. The van der Waals surface area contributed by atoms with Gasteiger partial charge >= 0.3 is 0 Å². The van der Waals surface area contributed by atoms with Crippen molar-refractivity contribution >= 4 is 21.7 Å². The Morgan fingerprint density at radius 3 is 2.54 bits per heavy atom. The summed E-state index contributed by atoms with van der Waals surface area (Å²) in [5.41, 5.74) is 5.55. The summed E-state index contributed by atoms with van der Waals surface area (Å²) in [5, 5.41) is 3.53. The minimum Gasteiger partial charge on any atom is -0.461 e. The Morgan fingerprint density at radius 2 is 1.75 bits per heavy atom. The van der Waals surface area contributed by atoms with E-state index in [2.05, 4.69) is 63.2 Å². The Labute approximate surface area is 142 Å². The van der Waals surface area contributed by atoms with Gasteiger partial charge in [-0.25, -0.2) is 0 Å². The number of aromatic nitrogens is 1. The van der Waals surface area contributed by atoms with Crippen LogP contribution in [-0.4, -0.2) is 4.98 Å². The first-order valence-electron chi connectivity index (χ1n) is 8.43. The van der Waals surface area contributed by atoms with Gasteiger partial charge in [0.05, 0.1) is 5.69 Å². The van der Waals surface area contributed by atoms with E-state index >= 15 is 0 Å². The van der Waals surface area contributed by atoms with E-state index in [0.717, 1.165) is 28.0 Å². The Kier molecular flexibility index (Phi) is 3.42. The molecule has 2 heteroatoms. The number of hydrogen-bond acceptors (Lipinski definition) is 2. The van der Waals surface area contributed by atoms with E-state index in [-0.39, 0.29) is 0 Å². The van der Waals surface area contributed by atoms with E-state index in [9.17, 15) is 0 Å². The number of benzene rings is 2. The largest absolute Gasteiger partial charge is 0.461 e. The number of pyridine rings is 1. The number of nitrogens with zero attached hydrogens (tertiary/aromatic N) is 1. The summed E-state index contributed by atoms with van der Waals surface area (Å²) in [6, 6.07) is 15.2. The number of rotatable bonds is 2. The van der Waals surface area contributed by atoms with Crippen LogP contribution < -0.4 is 0 Å². The van der Waals surface area contributed by atoms with E-state index in [0.29, 0.717) is 5.92 Å². The molecule has 0 bridgehead atoms. The van der Waals surface area contributed by atoms with Gasteiger partial charge in [-0.15, -0.1) is 0 Å². The molecule has 120 valence electrons. The van der Waals surface area contributed by atoms with Gasteiger partial charge < -0.3 is 4.42 Å². The van der Waals surface area contributed by atoms with Crippen molar-refractivity contribution in [2.75, 3.05) is 0 Å². The summed E-state index contributed by atoms with van der Waals surface area (Å²) in [6.45, 7) is 8.55. The molecule has 2 nitrogen and oxygen atoms in total. The van der Waals surface area contributed by atoms with Crippen molar-refractivity contribution in [1.29, 1.82) is 0 Å². The third-order valence-corrected chi connectivity index (χ3v) is 4.59. The first-order valence-corrected chi connectivity index (χ1v) is 8.43. The van der Waals surface area contributed by atoms with E-state index in [4.69, 9.17) is 9.40 Å². The number of fused-ring (bicyclic) bond motifs is 2. The Hall–Kier alpha value is -2.61. The highest BCUT2D eigenvalue weighted by Gasteiger charge is 2.14. The average molecular weight is 315 g/mol. The van der Waals surface area contributed by atoms with Crippen LogP contribution in [0.4, 0.5) is 0 Å². The summed E-state index contributed by atoms with van der Waals surface area (Å²) in [4.78, 5) is 4.69. The molecule has 0 unspecified atom stereocenters. The summed E-state index contributed by atoms with van der Waals surface area (Å²) in [7, 11) is 0. The highest BCUT2D eigenvalue weighted by atomic mass is 16.3. The molecule has 2 aromatic carbocycles. The molecule has 0 aliphatic heterocycles. The van der Waals surface area contributed by atoms with E-state index < -0.39 is 0 Å². The molecule has 24 heavy (non-hydrogen) atoms. The highest BCUT2D eigenvalue weighted by Crippen LogP contribution is 2.35. The molecular formula is C22H21NO. The lowest BCUT2D eigenvalue weighted by Crippen LogP contribution is -1.91. The molecule has 0 radical (unpaired) electrons. The van der Waals surface area contributed by atoms with Crippen LogP contribution in [-0.2, 0) is 0 Å². The van der Waals surface area contributed by atoms with Crippen LogP contribution in [0.5, 0.6) is 0 Å². The van der Waals surface area contributed by atoms with Gasteiger partial charge in [0.15, 0.2) is 0 Å². The SMILES string of the molecule is Cc1cc(-c2nccc3cc(C(C)C)ccc23)c2oc(C)cc2c1. The van der Waals surface area contributed by atoms with Gasteiger partial charge in [-0.3, -0.25) is 4.98 Å². The molecular weight excluding hydrogens is 294 g/mol. The van der Waals surface area contributed by atoms with Gasteiger partial charge in [0, 0.05) is 22.5 Å². The normalized spacial score (nSPS) is 11.7. The standard InChI is InChI=1S/C22H21NO/c1-13(2)16-5-6-19-17(12-16)7-8-23-21(19)20-10-14(3)9-18-11-15(4)24-22(18)20/h5-13H,1-4H3. The zero-order chi connectivity index (χ0) is 16.8. The molecule has 0 saturated carbocycles. The lowest BCUT2D eigenvalue weighted by atomic mass is 9.96. The second-order valence-electron chi connectivity index (χ2n) is 6.88. The fraction of sp³-hybridized carbons (Fsp3) is 0.227. The highest BCUT2D eigenvalue weighted by molar-refractivity contribution is 6.02. The monoisotopic (exact) mass is 315 g/mol. The van der Waals surface area contributed by atoms with E-state index in [1.807, 2.05) is 13.1 Å². The Morgan fingerprint density at radius 1 is 0.917 bits per heavy atom. The molecule has 4 aromatic rings. The fourth-order valence-electron chi connectivity index (χ4n) is 3.38.